The highest BCUT2D eigenvalue weighted by Gasteiger charge is 2.06. The lowest BCUT2D eigenvalue weighted by Gasteiger charge is -2.05. The zero-order chi connectivity index (χ0) is 10.8. The number of rotatable bonds is 3. The predicted octanol–water partition coefficient (Wildman–Crippen LogP) is 1.64. The van der Waals surface area contributed by atoms with Gasteiger partial charge in [-0.2, -0.15) is 5.10 Å². The average Bonchev–Trinajstić information content (AvgIpc) is 2.59. The second-order valence-corrected chi connectivity index (χ2v) is 4.52. The molecule has 0 saturated heterocycles. The first-order chi connectivity index (χ1) is 7.19. The Labute approximate surface area is 96.8 Å². The van der Waals surface area contributed by atoms with Gasteiger partial charge < -0.3 is 5.32 Å². The third kappa shape index (κ3) is 2.35. The molecule has 0 fully saturated rings. The lowest BCUT2D eigenvalue weighted by molar-refractivity contribution is 0.598. The zero-order valence-electron chi connectivity index (χ0n) is 8.74. The molecule has 2 heterocycles. The van der Waals surface area contributed by atoms with Crippen LogP contribution >= 0.6 is 15.9 Å². The molecule has 0 saturated carbocycles. The van der Waals surface area contributed by atoms with E-state index in [1.165, 1.54) is 0 Å². The highest BCUT2D eigenvalue weighted by atomic mass is 79.9. The molecule has 0 aromatic carbocycles. The van der Waals surface area contributed by atoms with Crippen LogP contribution in [-0.2, 0) is 6.42 Å². The van der Waals surface area contributed by atoms with Crippen LogP contribution in [0.3, 0.4) is 0 Å². The smallest absolute Gasteiger partial charge is 0.155 e. The quantitative estimate of drug-likeness (QED) is 0.921. The Hall–Kier alpha value is -0.940. The molecule has 0 aliphatic rings. The van der Waals surface area contributed by atoms with E-state index in [1.54, 1.807) is 10.7 Å². The van der Waals surface area contributed by atoms with Crippen molar-refractivity contribution in [2.24, 2.45) is 0 Å². The molecule has 1 unspecified atom stereocenters. The Morgan fingerprint density at radius 3 is 3.13 bits per heavy atom. The van der Waals surface area contributed by atoms with E-state index in [1.807, 2.05) is 19.3 Å². The van der Waals surface area contributed by atoms with Crippen LogP contribution in [0.4, 0.5) is 0 Å². The van der Waals surface area contributed by atoms with Crippen molar-refractivity contribution in [3.63, 3.8) is 0 Å². The summed E-state index contributed by atoms with van der Waals surface area (Å²) < 4.78 is 2.73. The summed E-state index contributed by atoms with van der Waals surface area (Å²) in [6.45, 7) is 2.13. The minimum atomic E-state index is 0.429. The predicted molar refractivity (Wildman–Crippen MR) is 62.9 cm³/mol. The van der Waals surface area contributed by atoms with E-state index in [0.717, 1.165) is 22.2 Å². The first-order valence-electron chi connectivity index (χ1n) is 4.86. The van der Waals surface area contributed by atoms with Crippen molar-refractivity contribution in [2.45, 2.75) is 19.4 Å². The summed E-state index contributed by atoms with van der Waals surface area (Å²) in [4.78, 5) is 4.27. The second-order valence-electron chi connectivity index (χ2n) is 3.60. The number of hydrogen-bond donors (Lipinski definition) is 1. The molecule has 1 atom stereocenters. The van der Waals surface area contributed by atoms with E-state index in [0.29, 0.717) is 6.04 Å². The van der Waals surface area contributed by atoms with Crippen molar-refractivity contribution in [2.75, 3.05) is 7.05 Å². The zero-order valence-corrected chi connectivity index (χ0v) is 10.3. The molecule has 0 aliphatic carbocycles. The van der Waals surface area contributed by atoms with Gasteiger partial charge in [0, 0.05) is 30.9 Å². The lowest BCUT2D eigenvalue weighted by atomic mass is 10.2. The average molecular weight is 269 g/mol. The normalized spacial score (nSPS) is 13.3. The Morgan fingerprint density at radius 1 is 1.60 bits per heavy atom. The molecule has 2 aromatic heterocycles. The minimum absolute atomic E-state index is 0.429. The van der Waals surface area contributed by atoms with Crippen LogP contribution in [0.2, 0.25) is 0 Å². The summed E-state index contributed by atoms with van der Waals surface area (Å²) in [5.74, 6) is 0. The number of hydrogen-bond acceptors (Lipinski definition) is 3. The maximum absolute atomic E-state index is 4.45. The topological polar surface area (TPSA) is 42.2 Å². The van der Waals surface area contributed by atoms with Crippen LogP contribution in [0.5, 0.6) is 0 Å². The van der Waals surface area contributed by atoms with Crippen molar-refractivity contribution < 1.29 is 0 Å². The fourth-order valence-electron chi connectivity index (χ4n) is 1.42. The first-order valence-corrected chi connectivity index (χ1v) is 5.65. The van der Waals surface area contributed by atoms with Crippen LogP contribution in [0, 0.1) is 0 Å². The van der Waals surface area contributed by atoms with Gasteiger partial charge in [0.05, 0.1) is 10.2 Å². The molecule has 80 valence electrons. The Morgan fingerprint density at radius 2 is 2.40 bits per heavy atom. The highest BCUT2D eigenvalue weighted by Crippen LogP contribution is 2.11. The molecular formula is C10H13BrN4. The van der Waals surface area contributed by atoms with E-state index in [-0.39, 0.29) is 0 Å². The van der Waals surface area contributed by atoms with E-state index < -0.39 is 0 Å². The van der Waals surface area contributed by atoms with Gasteiger partial charge in [-0.25, -0.2) is 9.50 Å². The van der Waals surface area contributed by atoms with E-state index >= 15 is 0 Å². The maximum atomic E-state index is 4.45. The van der Waals surface area contributed by atoms with E-state index in [9.17, 15) is 0 Å². The number of nitrogens with one attached hydrogen (secondary N) is 1. The first kappa shape index (κ1) is 10.6. The third-order valence-corrected chi connectivity index (χ3v) is 2.75. The molecular weight excluding hydrogens is 256 g/mol. The minimum Gasteiger partial charge on any atom is -0.317 e. The summed E-state index contributed by atoms with van der Waals surface area (Å²) in [5, 5.41) is 7.64. The molecule has 2 rings (SSSR count). The molecule has 5 heteroatoms. The Bertz CT molecular complexity index is 465. The van der Waals surface area contributed by atoms with Crippen LogP contribution in [0.1, 0.15) is 12.6 Å². The summed E-state index contributed by atoms with van der Waals surface area (Å²) in [7, 11) is 1.95. The fourth-order valence-corrected chi connectivity index (χ4v) is 1.71. The van der Waals surface area contributed by atoms with Crippen LogP contribution < -0.4 is 5.32 Å². The van der Waals surface area contributed by atoms with Crippen LogP contribution in [-0.4, -0.2) is 27.7 Å². The summed E-state index contributed by atoms with van der Waals surface area (Å²) in [5.41, 5.74) is 1.94. The van der Waals surface area contributed by atoms with Crippen molar-refractivity contribution in [3.8, 4) is 0 Å². The Kier molecular flexibility index (Phi) is 3.02. The van der Waals surface area contributed by atoms with Crippen LogP contribution in [0.15, 0.2) is 22.9 Å². The Balaban J connectivity index is 2.30. The monoisotopic (exact) mass is 268 g/mol. The number of fused-ring (bicyclic) bond motifs is 1. The molecule has 0 amide bonds. The maximum Gasteiger partial charge on any atom is 0.155 e. The van der Waals surface area contributed by atoms with Gasteiger partial charge in [0.2, 0.25) is 0 Å². The second kappa shape index (κ2) is 4.28. The lowest BCUT2D eigenvalue weighted by Crippen LogP contribution is -2.23. The van der Waals surface area contributed by atoms with Gasteiger partial charge in [0.25, 0.3) is 0 Å². The molecule has 0 bridgehead atoms. The van der Waals surface area contributed by atoms with Gasteiger partial charge in [0.15, 0.2) is 5.65 Å². The van der Waals surface area contributed by atoms with Gasteiger partial charge >= 0.3 is 0 Å². The SMILES string of the molecule is CNC(C)Cc1cc2ncc(Br)cn2n1. The summed E-state index contributed by atoms with van der Waals surface area (Å²) >= 11 is 3.37. The highest BCUT2D eigenvalue weighted by molar-refractivity contribution is 9.10. The van der Waals surface area contributed by atoms with E-state index in [2.05, 4.69) is 38.3 Å². The number of aromatic nitrogens is 3. The van der Waals surface area contributed by atoms with E-state index in [4.69, 9.17) is 0 Å². The molecule has 0 spiro atoms. The third-order valence-electron chi connectivity index (χ3n) is 2.34. The molecule has 4 nitrogen and oxygen atoms in total. The molecule has 2 aromatic rings. The number of halogens is 1. The molecule has 1 N–H and O–H groups in total. The van der Waals surface area contributed by atoms with Gasteiger partial charge in [-0.1, -0.05) is 0 Å². The van der Waals surface area contributed by atoms with Crippen molar-refractivity contribution in [1.82, 2.24) is 19.9 Å². The fraction of sp³-hybridized carbons (Fsp3) is 0.400. The van der Waals surface area contributed by atoms with Gasteiger partial charge in [-0.15, -0.1) is 0 Å². The van der Waals surface area contributed by atoms with Gasteiger partial charge in [0.1, 0.15) is 0 Å². The van der Waals surface area contributed by atoms with Crippen molar-refractivity contribution >= 4 is 21.6 Å². The standard InChI is InChI=1S/C10H13BrN4/c1-7(12-2)3-9-4-10-13-5-8(11)6-15(10)14-9/h4-7,12H,3H2,1-2H3. The summed E-state index contributed by atoms with van der Waals surface area (Å²) in [6.07, 6.45) is 4.61. The number of likely N-dealkylation sites (N-methyl/N-ethyl adjacent to an activating group) is 1. The number of nitrogens with zero attached hydrogens (tertiary/aromatic N) is 3. The van der Waals surface area contributed by atoms with Gasteiger partial charge in [-0.05, 0) is 29.9 Å². The van der Waals surface area contributed by atoms with Crippen LogP contribution in [0.25, 0.3) is 5.65 Å². The summed E-state index contributed by atoms with van der Waals surface area (Å²) in [6, 6.07) is 2.44. The van der Waals surface area contributed by atoms with Crippen molar-refractivity contribution in [3.05, 3.63) is 28.6 Å². The largest absolute Gasteiger partial charge is 0.317 e. The molecule has 0 aliphatic heterocycles. The molecule has 15 heavy (non-hydrogen) atoms. The van der Waals surface area contributed by atoms with Gasteiger partial charge in [-0.3, -0.25) is 0 Å². The van der Waals surface area contributed by atoms with Crippen molar-refractivity contribution in [1.29, 1.82) is 0 Å². The molecule has 0 radical (unpaired) electrons.